The lowest BCUT2D eigenvalue weighted by molar-refractivity contribution is -0.383. The molecule has 0 fully saturated rings. The van der Waals surface area contributed by atoms with Crippen LogP contribution in [0.1, 0.15) is 5.56 Å². The summed E-state index contributed by atoms with van der Waals surface area (Å²) in [5.41, 5.74) is 4.40. The van der Waals surface area contributed by atoms with E-state index in [1.54, 1.807) is 6.07 Å². The maximum Gasteiger partial charge on any atom is 0.293 e. The van der Waals surface area contributed by atoms with Crippen molar-refractivity contribution in [3.8, 4) is 11.8 Å². The highest BCUT2D eigenvalue weighted by atomic mass is 19.3. The second kappa shape index (κ2) is 5.07. The van der Waals surface area contributed by atoms with E-state index in [-0.39, 0.29) is 17.0 Å². The number of nitro benzene ring substituents is 1. The van der Waals surface area contributed by atoms with Crippen molar-refractivity contribution in [3.05, 3.63) is 27.8 Å². The summed E-state index contributed by atoms with van der Waals surface area (Å²) >= 11 is 0. The molecule has 0 spiro atoms. The van der Waals surface area contributed by atoms with Gasteiger partial charge >= 0.3 is 0 Å². The van der Waals surface area contributed by atoms with Gasteiger partial charge in [-0.2, -0.15) is 5.26 Å². The van der Waals surface area contributed by atoms with E-state index < -0.39 is 23.6 Å². The molecule has 1 rings (SSSR count). The molecule has 2 N–H and O–H groups in total. The number of nitriles is 1. The SMILES string of the molecule is N#Cc1cc([N+](=O)[O-])c(N)cc1OCC(F)F. The number of nitro groups is 1. The fourth-order valence-electron chi connectivity index (χ4n) is 1.10. The second-order valence-electron chi connectivity index (χ2n) is 2.98. The fourth-order valence-corrected chi connectivity index (χ4v) is 1.10. The Balaban J connectivity index is 3.11. The van der Waals surface area contributed by atoms with Gasteiger partial charge in [0.05, 0.1) is 4.92 Å². The van der Waals surface area contributed by atoms with Crippen molar-refractivity contribution < 1.29 is 18.4 Å². The maximum absolute atomic E-state index is 11.9. The van der Waals surface area contributed by atoms with E-state index in [2.05, 4.69) is 4.74 Å². The minimum Gasteiger partial charge on any atom is -0.486 e. The molecule has 0 unspecified atom stereocenters. The quantitative estimate of drug-likeness (QED) is 0.492. The Morgan fingerprint density at radius 1 is 1.59 bits per heavy atom. The zero-order valence-corrected chi connectivity index (χ0v) is 8.39. The van der Waals surface area contributed by atoms with E-state index in [4.69, 9.17) is 11.0 Å². The van der Waals surface area contributed by atoms with Crippen LogP contribution < -0.4 is 10.5 Å². The molecule has 0 radical (unpaired) electrons. The number of halogens is 2. The Kier molecular flexibility index (Phi) is 3.77. The van der Waals surface area contributed by atoms with Crippen LogP contribution in [0.25, 0.3) is 0 Å². The number of anilines is 1. The zero-order valence-electron chi connectivity index (χ0n) is 8.39. The van der Waals surface area contributed by atoms with Crippen LogP contribution in [-0.4, -0.2) is 18.0 Å². The molecule has 0 aliphatic carbocycles. The first kappa shape index (κ1) is 12.6. The molecule has 1 aromatic carbocycles. The highest BCUT2D eigenvalue weighted by Gasteiger charge is 2.17. The zero-order chi connectivity index (χ0) is 13.0. The van der Waals surface area contributed by atoms with Gasteiger partial charge in [0.1, 0.15) is 29.7 Å². The molecular weight excluding hydrogens is 236 g/mol. The van der Waals surface area contributed by atoms with Gasteiger partial charge in [-0.3, -0.25) is 10.1 Å². The number of benzene rings is 1. The summed E-state index contributed by atoms with van der Waals surface area (Å²) in [6, 6.07) is 3.48. The number of nitrogens with zero attached hydrogens (tertiary/aromatic N) is 2. The molecule has 0 saturated carbocycles. The van der Waals surface area contributed by atoms with Crippen LogP contribution in [-0.2, 0) is 0 Å². The van der Waals surface area contributed by atoms with E-state index in [9.17, 15) is 18.9 Å². The van der Waals surface area contributed by atoms with Gasteiger partial charge in [0.15, 0.2) is 0 Å². The molecule has 17 heavy (non-hydrogen) atoms. The highest BCUT2D eigenvalue weighted by Crippen LogP contribution is 2.30. The average Bonchev–Trinajstić information content (AvgIpc) is 2.25. The lowest BCUT2D eigenvalue weighted by Crippen LogP contribution is -2.08. The van der Waals surface area contributed by atoms with Gasteiger partial charge in [-0.1, -0.05) is 0 Å². The minimum atomic E-state index is -2.71. The van der Waals surface area contributed by atoms with Crippen LogP contribution in [0.5, 0.6) is 5.75 Å². The van der Waals surface area contributed by atoms with Gasteiger partial charge in [-0.05, 0) is 0 Å². The molecule has 8 heteroatoms. The van der Waals surface area contributed by atoms with E-state index in [0.29, 0.717) is 0 Å². The Labute approximate surface area is 94.4 Å². The van der Waals surface area contributed by atoms with Crippen LogP contribution >= 0.6 is 0 Å². The van der Waals surface area contributed by atoms with Crippen molar-refractivity contribution in [3.63, 3.8) is 0 Å². The Morgan fingerprint density at radius 2 is 2.24 bits per heavy atom. The lowest BCUT2D eigenvalue weighted by Gasteiger charge is -2.08. The predicted octanol–water partition coefficient (Wildman–Crippen LogP) is 1.69. The monoisotopic (exact) mass is 243 g/mol. The molecule has 0 atom stereocenters. The van der Waals surface area contributed by atoms with E-state index in [1.165, 1.54) is 0 Å². The molecule has 0 aliphatic rings. The van der Waals surface area contributed by atoms with Crippen LogP contribution in [0.2, 0.25) is 0 Å². The van der Waals surface area contributed by atoms with Crippen LogP contribution in [0, 0.1) is 21.4 Å². The first-order valence-electron chi connectivity index (χ1n) is 4.34. The first-order valence-corrected chi connectivity index (χ1v) is 4.34. The van der Waals surface area contributed by atoms with Crippen molar-refractivity contribution in [2.45, 2.75) is 6.43 Å². The van der Waals surface area contributed by atoms with Crippen molar-refractivity contribution in [1.82, 2.24) is 0 Å². The maximum atomic E-state index is 11.9. The van der Waals surface area contributed by atoms with Gasteiger partial charge in [0, 0.05) is 12.1 Å². The number of ether oxygens (including phenoxy) is 1. The Morgan fingerprint density at radius 3 is 2.71 bits per heavy atom. The topological polar surface area (TPSA) is 102 Å². The third kappa shape index (κ3) is 3.01. The molecule has 0 bridgehead atoms. The third-order valence-corrected chi connectivity index (χ3v) is 1.81. The third-order valence-electron chi connectivity index (χ3n) is 1.81. The second-order valence-corrected chi connectivity index (χ2v) is 2.98. The van der Waals surface area contributed by atoms with Crippen molar-refractivity contribution in [2.24, 2.45) is 0 Å². The minimum absolute atomic E-state index is 0.198. The van der Waals surface area contributed by atoms with Crippen molar-refractivity contribution in [1.29, 1.82) is 5.26 Å². The summed E-state index contributed by atoms with van der Waals surface area (Å²) in [6.45, 7) is -0.911. The van der Waals surface area contributed by atoms with Crippen LogP contribution in [0.3, 0.4) is 0 Å². The van der Waals surface area contributed by atoms with Gasteiger partial charge in [-0.15, -0.1) is 0 Å². The van der Waals surface area contributed by atoms with Crippen molar-refractivity contribution in [2.75, 3.05) is 12.3 Å². The fraction of sp³-hybridized carbons (Fsp3) is 0.222. The number of alkyl halides is 2. The molecule has 0 aliphatic heterocycles. The summed E-state index contributed by atoms with van der Waals surface area (Å²) in [6.07, 6.45) is -2.71. The standard InChI is InChI=1S/C9H7F2N3O3/c10-9(11)4-17-8-2-6(13)7(14(15)16)1-5(8)3-12/h1-2,9H,4,13H2. The number of hydrogen-bond acceptors (Lipinski definition) is 5. The number of rotatable bonds is 4. The molecule has 0 aromatic heterocycles. The summed E-state index contributed by atoms with van der Waals surface area (Å²) in [5.74, 6) is -0.198. The van der Waals surface area contributed by atoms with E-state index in [0.717, 1.165) is 12.1 Å². The molecular formula is C9H7F2N3O3. The molecule has 90 valence electrons. The van der Waals surface area contributed by atoms with Gasteiger partial charge in [-0.25, -0.2) is 8.78 Å². The van der Waals surface area contributed by atoms with Gasteiger partial charge in [0.2, 0.25) is 0 Å². The van der Waals surface area contributed by atoms with Crippen LogP contribution in [0.4, 0.5) is 20.2 Å². The number of hydrogen-bond donors (Lipinski definition) is 1. The molecule has 1 aromatic rings. The normalized spacial score (nSPS) is 10.0. The van der Waals surface area contributed by atoms with Gasteiger partial charge < -0.3 is 10.5 Å². The van der Waals surface area contributed by atoms with E-state index in [1.807, 2.05) is 0 Å². The Bertz CT molecular complexity index is 485. The summed E-state index contributed by atoms with van der Waals surface area (Å²) in [4.78, 5) is 9.75. The number of nitrogens with two attached hydrogens (primary N) is 1. The largest absolute Gasteiger partial charge is 0.486 e. The smallest absolute Gasteiger partial charge is 0.293 e. The predicted molar refractivity (Wildman–Crippen MR) is 53.7 cm³/mol. The van der Waals surface area contributed by atoms with Crippen LogP contribution in [0.15, 0.2) is 12.1 Å². The molecule has 0 amide bonds. The lowest BCUT2D eigenvalue weighted by atomic mass is 10.1. The molecule has 0 saturated heterocycles. The Hall–Kier alpha value is -2.43. The van der Waals surface area contributed by atoms with E-state index >= 15 is 0 Å². The molecule has 6 nitrogen and oxygen atoms in total. The number of nitrogen functional groups attached to an aromatic ring is 1. The first-order chi connectivity index (χ1) is 7.95. The van der Waals surface area contributed by atoms with Crippen molar-refractivity contribution >= 4 is 11.4 Å². The summed E-state index contributed by atoms with van der Waals surface area (Å²) in [7, 11) is 0. The summed E-state index contributed by atoms with van der Waals surface area (Å²) < 4.78 is 28.5. The average molecular weight is 243 g/mol. The summed E-state index contributed by atoms with van der Waals surface area (Å²) in [5, 5.41) is 19.2. The van der Waals surface area contributed by atoms with Gasteiger partial charge in [0.25, 0.3) is 12.1 Å². The molecule has 0 heterocycles. The highest BCUT2D eigenvalue weighted by molar-refractivity contribution is 5.66.